The highest BCUT2D eigenvalue weighted by Gasteiger charge is 2.30. The van der Waals surface area contributed by atoms with Crippen molar-refractivity contribution in [1.82, 2.24) is 19.4 Å². The van der Waals surface area contributed by atoms with E-state index in [1.54, 1.807) is 0 Å². The van der Waals surface area contributed by atoms with Crippen LogP contribution in [0.25, 0.3) is 0 Å². The summed E-state index contributed by atoms with van der Waals surface area (Å²) in [7, 11) is 2.06. The summed E-state index contributed by atoms with van der Waals surface area (Å²) in [6.07, 6.45) is 10.4. The molecule has 1 atom stereocenters. The standard InChI is InChI=1S/C14H22N4O/c1-16(12-4-5-12)10-14(19)17-7-2-3-13(9-17)18-8-6-15-11-18/h6,8,11-13H,2-5,7,9-10H2,1H3. The number of carbonyl (C=O) groups excluding carboxylic acids is 1. The molecule has 1 aromatic heterocycles. The van der Waals surface area contributed by atoms with Gasteiger partial charge in [-0.2, -0.15) is 0 Å². The van der Waals surface area contributed by atoms with Gasteiger partial charge < -0.3 is 9.47 Å². The first-order valence-corrected chi connectivity index (χ1v) is 7.19. The number of nitrogens with zero attached hydrogens (tertiary/aromatic N) is 4. The zero-order valence-electron chi connectivity index (χ0n) is 11.5. The highest BCUT2D eigenvalue weighted by atomic mass is 16.2. The molecule has 5 nitrogen and oxygen atoms in total. The third-order valence-corrected chi connectivity index (χ3v) is 4.25. The number of hydrogen-bond acceptors (Lipinski definition) is 3. The SMILES string of the molecule is CN(CC(=O)N1CCCC(n2ccnc2)C1)C1CC1. The molecule has 2 fully saturated rings. The average Bonchev–Trinajstić information content (AvgIpc) is 3.14. The number of hydrogen-bond donors (Lipinski definition) is 0. The molecule has 1 saturated heterocycles. The van der Waals surface area contributed by atoms with Gasteiger partial charge in [0.2, 0.25) is 5.91 Å². The van der Waals surface area contributed by atoms with Crippen LogP contribution in [0.3, 0.4) is 0 Å². The smallest absolute Gasteiger partial charge is 0.236 e. The van der Waals surface area contributed by atoms with Crippen LogP contribution < -0.4 is 0 Å². The van der Waals surface area contributed by atoms with E-state index in [9.17, 15) is 4.79 Å². The van der Waals surface area contributed by atoms with E-state index in [-0.39, 0.29) is 5.91 Å². The molecule has 5 heteroatoms. The Balaban J connectivity index is 1.56. The third-order valence-electron chi connectivity index (χ3n) is 4.25. The van der Waals surface area contributed by atoms with Gasteiger partial charge in [-0.15, -0.1) is 0 Å². The second kappa shape index (κ2) is 5.33. The van der Waals surface area contributed by atoms with Crippen LogP contribution in [0, 0.1) is 0 Å². The maximum atomic E-state index is 12.3. The number of amides is 1. The minimum Gasteiger partial charge on any atom is -0.340 e. The number of imidazole rings is 1. The van der Waals surface area contributed by atoms with E-state index in [1.165, 1.54) is 12.8 Å². The van der Waals surface area contributed by atoms with Crippen LogP contribution in [0.2, 0.25) is 0 Å². The molecule has 0 radical (unpaired) electrons. The van der Waals surface area contributed by atoms with E-state index in [0.717, 1.165) is 25.9 Å². The Labute approximate surface area is 114 Å². The van der Waals surface area contributed by atoms with Crippen LogP contribution >= 0.6 is 0 Å². The summed E-state index contributed by atoms with van der Waals surface area (Å²) in [5, 5.41) is 0. The molecule has 1 saturated carbocycles. The van der Waals surface area contributed by atoms with Gasteiger partial charge in [0.15, 0.2) is 0 Å². The molecule has 104 valence electrons. The summed E-state index contributed by atoms with van der Waals surface area (Å²) in [5.41, 5.74) is 0. The van der Waals surface area contributed by atoms with Crippen molar-refractivity contribution < 1.29 is 4.79 Å². The molecular formula is C14H22N4O. The molecule has 19 heavy (non-hydrogen) atoms. The fraction of sp³-hybridized carbons (Fsp3) is 0.714. The Hall–Kier alpha value is -1.36. The van der Waals surface area contributed by atoms with Crippen molar-refractivity contribution in [2.45, 2.75) is 37.8 Å². The van der Waals surface area contributed by atoms with Crippen LogP contribution in [0.5, 0.6) is 0 Å². The van der Waals surface area contributed by atoms with E-state index >= 15 is 0 Å². The molecule has 3 rings (SSSR count). The Kier molecular flexibility index (Phi) is 3.55. The summed E-state index contributed by atoms with van der Waals surface area (Å²) in [5.74, 6) is 0.277. The lowest BCUT2D eigenvalue weighted by molar-refractivity contribution is -0.133. The first kappa shape index (κ1) is 12.7. The molecule has 0 N–H and O–H groups in total. The normalized spacial score (nSPS) is 23.9. The number of rotatable bonds is 4. The number of carbonyl (C=O) groups is 1. The fourth-order valence-corrected chi connectivity index (χ4v) is 2.87. The van der Waals surface area contributed by atoms with E-state index in [4.69, 9.17) is 0 Å². The highest BCUT2D eigenvalue weighted by Crippen LogP contribution is 2.26. The Morgan fingerprint density at radius 2 is 2.26 bits per heavy atom. The van der Waals surface area contributed by atoms with Crippen molar-refractivity contribution in [3.63, 3.8) is 0 Å². The predicted octanol–water partition coefficient (Wildman–Crippen LogP) is 1.14. The van der Waals surface area contributed by atoms with Crippen molar-refractivity contribution in [2.75, 3.05) is 26.7 Å². The van der Waals surface area contributed by atoms with Crippen LogP contribution in [-0.2, 0) is 4.79 Å². The van der Waals surface area contributed by atoms with Crippen LogP contribution in [0.4, 0.5) is 0 Å². The highest BCUT2D eigenvalue weighted by molar-refractivity contribution is 5.78. The quantitative estimate of drug-likeness (QED) is 0.817. The molecule has 1 aliphatic heterocycles. The zero-order valence-corrected chi connectivity index (χ0v) is 11.5. The second-order valence-corrected chi connectivity index (χ2v) is 5.79. The minimum absolute atomic E-state index is 0.277. The van der Waals surface area contributed by atoms with Crippen LogP contribution in [0.15, 0.2) is 18.7 Å². The maximum Gasteiger partial charge on any atom is 0.236 e. The minimum atomic E-state index is 0.277. The van der Waals surface area contributed by atoms with Gasteiger partial charge in [0, 0.05) is 31.5 Å². The maximum absolute atomic E-state index is 12.3. The number of piperidine rings is 1. The van der Waals surface area contributed by atoms with Crippen LogP contribution in [-0.4, -0.2) is 58.0 Å². The van der Waals surface area contributed by atoms with Crippen molar-refractivity contribution in [2.24, 2.45) is 0 Å². The molecule has 1 amide bonds. The van der Waals surface area contributed by atoms with Gasteiger partial charge in [0.25, 0.3) is 0 Å². The largest absolute Gasteiger partial charge is 0.340 e. The summed E-state index contributed by atoms with van der Waals surface area (Å²) in [6.45, 7) is 2.30. The first-order chi connectivity index (χ1) is 9.24. The van der Waals surface area contributed by atoms with E-state index in [0.29, 0.717) is 18.6 Å². The topological polar surface area (TPSA) is 41.4 Å². The Morgan fingerprint density at radius 1 is 1.42 bits per heavy atom. The zero-order chi connectivity index (χ0) is 13.2. The number of likely N-dealkylation sites (tertiary alicyclic amines) is 1. The van der Waals surface area contributed by atoms with E-state index in [1.807, 2.05) is 23.6 Å². The fourth-order valence-electron chi connectivity index (χ4n) is 2.87. The van der Waals surface area contributed by atoms with Gasteiger partial charge in [0.1, 0.15) is 0 Å². The number of aromatic nitrogens is 2. The van der Waals surface area contributed by atoms with Gasteiger partial charge in [-0.1, -0.05) is 0 Å². The number of likely N-dealkylation sites (N-methyl/N-ethyl adjacent to an activating group) is 1. The van der Waals surface area contributed by atoms with Crippen molar-refractivity contribution in [3.8, 4) is 0 Å². The van der Waals surface area contributed by atoms with Gasteiger partial charge >= 0.3 is 0 Å². The van der Waals surface area contributed by atoms with Crippen molar-refractivity contribution in [3.05, 3.63) is 18.7 Å². The lowest BCUT2D eigenvalue weighted by Crippen LogP contribution is -2.45. The van der Waals surface area contributed by atoms with Crippen molar-refractivity contribution >= 4 is 5.91 Å². The van der Waals surface area contributed by atoms with Crippen molar-refractivity contribution in [1.29, 1.82) is 0 Å². The van der Waals surface area contributed by atoms with Gasteiger partial charge in [-0.25, -0.2) is 4.98 Å². The van der Waals surface area contributed by atoms with Gasteiger partial charge in [0.05, 0.1) is 18.9 Å². The Bertz CT molecular complexity index is 427. The van der Waals surface area contributed by atoms with Crippen LogP contribution in [0.1, 0.15) is 31.7 Å². The lowest BCUT2D eigenvalue weighted by Gasteiger charge is -2.34. The first-order valence-electron chi connectivity index (χ1n) is 7.19. The monoisotopic (exact) mass is 262 g/mol. The summed E-state index contributed by atoms with van der Waals surface area (Å²) in [6, 6.07) is 1.05. The third kappa shape index (κ3) is 2.97. The predicted molar refractivity (Wildman–Crippen MR) is 72.7 cm³/mol. The molecule has 1 unspecified atom stereocenters. The van der Waals surface area contributed by atoms with Gasteiger partial charge in [-0.3, -0.25) is 9.69 Å². The summed E-state index contributed by atoms with van der Waals surface area (Å²) < 4.78 is 2.13. The molecule has 1 aliphatic carbocycles. The van der Waals surface area contributed by atoms with E-state index < -0.39 is 0 Å². The second-order valence-electron chi connectivity index (χ2n) is 5.79. The summed E-state index contributed by atoms with van der Waals surface area (Å²) >= 11 is 0. The molecule has 0 spiro atoms. The van der Waals surface area contributed by atoms with Gasteiger partial charge in [-0.05, 0) is 32.7 Å². The molecule has 1 aromatic rings. The Morgan fingerprint density at radius 3 is 2.95 bits per heavy atom. The molecule has 0 aromatic carbocycles. The van der Waals surface area contributed by atoms with E-state index in [2.05, 4.69) is 21.5 Å². The lowest BCUT2D eigenvalue weighted by atomic mass is 10.1. The summed E-state index contributed by atoms with van der Waals surface area (Å²) in [4.78, 5) is 20.6. The molecule has 0 bridgehead atoms. The molecule has 2 heterocycles. The molecular weight excluding hydrogens is 240 g/mol. The average molecular weight is 262 g/mol. The molecule has 2 aliphatic rings.